The molecule has 0 saturated heterocycles. The molecule has 2 fully saturated rings. The molecule has 4 rings (SSSR count). The molecule has 0 spiro atoms. The summed E-state index contributed by atoms with van der Waals surface area (Å²) in [6.07, 6.45) is 6.26. The molecule has 1 aromatic rings. The zero-order valence-corrected chi connectivity index (χ0v) is 17.1. The fraction of sp³-hybridized carbons (Fsp3) is 0.619. The molecule has 0 unspecified atom stereocenters. The largest absolute Gasteiger partial charge is 0.547 e. The summed E-state index contributed by atoms with van der Waals surface area (Å²) >= 11 is 0. The number of carbonyl (C=O) groups is 2. The van der Waals surface area contributed by atoms with E-state index in [1.54, 1.807) is 12.1 Å². The molecule has 0 aromatic heterocycles. The normalized spacial score (nSPS) is 27.0. The fourth-order valence-corrected chi connectivity index (χ4v) is 5.12. The van der Waals surface area contributed by atoms with Gasteiger partial charge >= 0.3 is 13.1 Å². The Morgan fingerprint density at radius 3 is 2.60 bits per heavy atom. The minimum atomic E-state index is -1.27. The van der Waals surface area contributed by atoms with Crippen LogP contribution in [0.4, 0.5) is 0 Å². The molecule has 0 radical (unpaired) electrons. The standard InChI is InChI=1S/C21H30BN3O5/c23-10-11-24-15-6-4-14(5-7-15)21(8-9-21)20(28)25-17-12-13-2-1-3-16(19(26)27)18(13)30-22(17)29/h1-3,14-15,17,24,29H,4-12,23H2,(H,25,28)(H,26,27)/t14-,15-,17-/m0/s1. The van der Waals surface area contributed by atoms with Gasteiger partial charge in [0.2, 0.25) is 5.91 Å². The Balaban J connectivity index is 1.38. The van der Waals surface area contributed by atoms with Crippen LogP contribution in [0, 0.1) is 11.3 Å². The van der Waals surface area contributed by atoms with Gasteiger partial charge in [-0.15, -0.1) is 0 Å². The number of para-hydroxylation sites is 1. The molecule has 3 aliphatic rings. The topological polar surface area (TPSA) is 134 Å². The van der Waals surface area contributed by atoms with Crippen molar-refractivity contribution in [2.75, 3.05) is 13.1 Å². The highest BCUT2D eigenvalue weighted by Crippen LogP contribution is 2.56. The van der Waals surface area contributed by atoms with Gasteiger partial charge in [-0.25, -0.2) is 4.79 Å². The zero-order valence-electron chi connectivity index (χ0n) is 17.1. The van der Waals surface area contributed by atoms with E-state index in [-0.39, 0.29) is 22.6 Å². The van der Waals surface area contributed by atoms with Gasteiger partial charge < -0.3 is 31.2 Å². The molecule has 1 aliphatic heterocycles. The van der Waals surface area contributed by atoms with Gasteiger partial charge in [-0.1, -0.05) is 12.1 Å². The number of amides is 1. The summed E-state index contributed by atoms with van der Waals surface area (Å²) in [7, 11) is -1.27. The van der Waals surface area contributed by atoms with Crippen molar-refractivity contribution < 1.29 is 24.4 Å². The van der Waals surface area contributed by atoms with Crippen molar-refractivity contribution in [2.45, 2.75) is 56.9 Å². The lowest BCUT2D eigenvalue weighted by Crippen LogP contribution is -2.55. The van der Waals surface area contributed by atoms with Gasteiger partial charge in [-0.2, -0.15) is 0 Å². The Morgan fingerprint density at radius 2 is 1.97 bits per heavy atom. The van der Waals surface area contributed by atoms with E-state index >= 15 is 0 Å². The summed E-state index contributed by atoms with van der Waals surface area (Å²) in [6.45, 7) is 1.46. The minimum Gasteiger partial charge on any atom is -0.534 e. The molecule has 162 valence electrons. The molecule has 1 atom stereocenters. The maximum atomic E-state index is 13.2. The summed E-state index contributed by atoms with van der Waals surface area (Å²) in [5.41, 5.74) is 5.94. The number of hydrogen-bond acceptors (Lipinski definition) is 6. The zero-order chi connectivity index (χ0) is 21.3. The van der Waals surface area contributed by atoms with E-state index in [0.717, 1.165) is 45.1 Å². The van der Waals surface area contributed by atoms with E-state index in [2.05, 4.69) is 10.6 Å². The van der Waals surface area contributed by atoms with E-state index in [1.165, 1.54) is 6.07 Å². The SMILES string of the molecule is NCCN[C@H]1CC[C@H](C2(C(=O)N[C@H]3Cc4cccc(C(=O)O)c4OB3O)CC2)CC1. The number of rotatable bonds is 7. The van der Waals surface area contributed by atoms with Crippen LogP contribution in [-0.4, -0.2) is 54.2 Å². The maximum Gasteiger partial charge on any atom is 0.547 e. The van der Waals surface area contributed by atoms with Crippen molar-refractivity contribution in [3.63, 3.8) is 0 Å². The third-order valence-corrected chi connectivity index (χ3v) is 6.99. The molecular weight excluding hydrogens is 385 g/mol. The van der Waals surface area contributed by atoms with Crippen LogP contribution in [-0.2, 0) is 11.2 Å². The quantitative estimate of drug-likeness (QED) is 0.414. The Morgan fingerprint density at radius 1 is 1.23 bits per heavy atom. The van der Waals surface area contributed by atoms with Crippen molar-refractivity contribution in [2.24, 2.45) is 17.1 Å². The Kier molecular flexibility index (Phi) is 6.04. The number of nitrogens with one attached hydrogen (secondary N) is 2. The fourth-order valence-electron chi connectivity index (χ4n) is 5.12. The first-order valence-electron chi connectivity index (χ1n) is 10.9. The molecule has 2 aliphatic carbocycles. The molecule has 30 heavy (non-hydrogen) atoms. The molecular formula is C21H30BN3O5. The van der Waals surface area contributed by atoms with Crippen LogP contribution in [0.1, 0.15) is 54.4 Å². The second-order valence-corrected chi connectivity index (χ2v) is 8.84. The summed E-state index contributed by atoms with van der Waals surface area (Å²) in [5.74, 6) is -1.15. The van der Waals surface area contributed by atoms with E-state index < -0.39 is 19.0 Å². The van der Waals surface area contributed by atoms with Crippen LogP contribution < -0.4 is 21.0 Å². The van der Waals surface area contributed by atoms with Crippen molar-refractivity contribution in [1.82, 2.24) is 10.6 Å². The smallest absolute Gasteiger partial charge is 0.534 e. The Labute approximate surface area is 176 Å². The van der Waals surface area contributed by atoms with Crippen molar-refractivity contribution in [3.05, 3.63) is 29.3 Å². The summed E-state index contributed by atoms with van der Waals surface area (Å²) in [5, 5.41) is 26.2. The van der Waals surface area contributed by atoms with Gasteiger partial charge in [-0.3, -0.25) is 4.79 Å². The van der Waals surface area contributed by atoms with Crippen LogP contribution in [0.5, 0.6) is 5.75 Å². The highest BCUT2D eigenvalue weighted by atomic mass is 16.5. The van der Waals surface area contributed by atoms with Gasteiger partial charge in [0.05, 0.1) is 16.9 Å². The summed E-state index contributed by atoms with van der Waals surface area (Å²) in [4.78, 5) is 24.6. The van der Waals surface area contributed by atoms with Crippen LogP contribution in [0.25, 0.3) is 0 Å². The van der Waals surface area contributed by atoms with Crippen LogP contribution >= 0.6 is 0 Å². The Bertz CT molecular complexity index is 808. The maximum absolute atomic E-state index is 13.2. The lowest BCUT2D eigenvalue weighted by molar-refractivity contribution is -0.129. The monoisotopic (exact) mass is 415 g/mol. The third kappa shape index (κ3) is 4.06. The van der Waals surface area contributed by atoms with Gasteiger partial charge in [0.25, 0.3) is 0 Å². The first kappa shape index (κ1) is 21.1. The average molecular weight is 415 g/mol. The number of nitrogens with two attached hydrogens (primary N) is 1. The molecule has 9 heteroatoms. The van der Waals surface area contributed by atoms with Crippen LogP contribution in [0.2, 0.25) is 0 Å². The molecule has 1 heterocycles. The lowest BCUT2D eigenvalue weighted by Gasteiger charge is -2.35. The molecule has 1 aromatic carbocycles. The summed E-state index contributed by atoms with van der Waals surface area (Å²) < 4.78 is 5.51. The number of carbonyl (C=O) groups excluding carboxylic acids is 1. The predicted molar refractivity (Wildman–Crippen MR) is 112 cm³/mol. The number of aromatic carboxylic acids is 1. The predicted octanol–water partition coefficient (Wildman–Crippen LogP) is 0.712. The number of carboxylic acids is 1. The van der Waals surface area contributed by atoms with Crippen molar-refractivity contribution in [1.29, 1.82) is 0 Å². The molecule has 2 saturated carbocycles. The third-order valence-electron chi connectivity index (χ3n) is 6.99. The number of fused-ring (bicyclic) bond motifs is 1. The molecule has 8 nitrogen and oxygen atoms in total. The molecule has 0 bridgehead atoms. The lowest BCUT2D eigenvalue weighted by atomic mass is 9.71. The number of carboxylic acid groups (broad SMARTS) is 1. The Hall–Kier alpha value is -2.10. The van der Waals surface area contributed by atoms with Gasteiger partial charge in [0, 0.05) is 19.1 Å². The minimum absolute atomic E-state index is 0.00800. The van der Waals surface area contributed by atoms with Gasteiger partial charge in [0.1, 0.15) is 5.75 Å². The van der Waals surface area contributed by atoms with E-state index in [0.29, 0.717) is 30.5 Å². The van der Waals surface area contributed by atoms with Gasteiger partial charge in [0.15, 0.2) is 0 Å². The highest BCUT2D eigenvalue weighted by Gasteiger charge is 2.56. The van der Waals surface area contributed by atoms with Crippen molar-refractivity contribution >= 4 is 19.0 Å². The number of benzene rings is 1. The number of hydrogen-bond donors (Lipinski definition) is 5. The second kappa shape index (κ2) is 8.57. The second-order valence-electron chi connectivity index (χ2n) is 8.84. The highest BCUT2D eigenvalue weighted by molar-refractivity contribution is 6.47. The van der Waals surface area contributed by atoms with Gasteiger partial charge in [-0.05, 0) is 62.5 Å². The first-order valence-corrected chi connectivity index (χ1v) is 10.9. The van der Waals surface area contributed by atoms with Crippen LogP contribution in [0.15, 0.2) is 18.2 Å². The van der Waals surface area contributed by atoms with E-state index in [1.807, 2.05) is 0 Å². The first-order chi connectivity index (χ1) is 14.4. The van der Waals surface area contributed by atoms with E-state index in [9.17, 15) is 19.7 Å². The van der Waals surface area contributed by atoms with Crippen molar-refractivity contribution in [3.8, 4) is 5.75 Å². The molecule has 1 amide bonds. The average Bonchev–Trinajstić information content (AvgIpc) is 3.55. The van der Waals surface area contributed by atoms with Crippen LogP contribution in [0.3, 0.4) is 0 Å². The van der Waals surface area contributed by atoms with E-state index in [4.69, 9.17) is 10.4 Å². The molecule has 6 N–H and O–H groups in total. The summed E-state index contributed by atoms with van der Waals surface area (Å²) in [6, 6.07) is 5.36.